The highest BCUT2D eigenvalue weighted by molar-refractivity contribution is 5.31. The van der Waals surface area contributed by atoms with E-state index in [9.17, 15) is 0 Å². The minimum atomic E-state index is 0.501. The first-order valence-electron chi connectivity index (χ1n) is 7.27. The van der Waals surface area contributed by atoms with Crippen LogP contribution in [0.1, 0.15) is 37.4 Å². The zero-order chi connectivity index (χ0) is 13.7. The topological polar surface area (TPSA) is 24.5 Å². The first-order valence-corrected chi connectivity index (χ1v) is 7.27. The number of benzene rings is 1. The third-order valence-corrected chi connectivity index (χ3v) is 3.94. The number of rotatable bonds is 5. The number of ether oxygens (including phenoxy) is 1. The normalized spacial score (nSPS) is 19.5. The molecule has 0 radical (unpaired) electrons. The van der Waals surface area contributed by atoms with Crippen molar-refractivity contribution in [2.24, 2.45) is 0 Å². The Balaban J connectivity index is 2.25. The molecule has 0 bridgehead atoms. The van der Waals surface area contributed by atoms with Crippen molar-refractivity contribution in [2.45, 2.75) is 38.9 Å². The van der Waals surface area contributed by atoms with Gasteiger partial charge < -0.3 is 10.1 Å². The SMILES string of the molecule is COCCN(C(C)C)C1CCNCc2ccccc21. The largest absolute Gasteiger partial charge is 0.383 e. The number of methoxy groups -OCH3 is 1. The summed E-state index contributed by atoms with van der Waals surface area (Å²) in [6.45, 7) is 8.41. The van der Waals surface area contributed by atoms with Crippen LogP contribution in [0.15, 0.2) is 24.3 Å². The van der Waals surface area contributed by atoms with Gasteiger partial charge in [0.25, 0.3) is 0 Å². The van der Waals surface area contributed by atoms with Gasteiger partial charge in [-0.15, -0.1) is 0 Å². The predicted octanol–water partition coefficient (Wildman–Crippen LogP) is 2.58. The number of nitrogens with one attached hydrogen (secondary N) is 1. The minimum absolute atomic E-state index is 0.501. The third-order valence-electron chi connectivity index (χ3n) is 3.94. The van der Waals surface area contributed by atoms with E-state index in [1.807, 2.05) is 0 Å². The average molecular weight is 262 g/mol. The van der Waals surface area contributed by atoms with Gasteiger partial charge in [-0.2, -0.15) is 0 Å². The lowest BCUT2D eigenvalue weighted by molar-refractivity contribution is 0.0923. The fourth-order valence-electron chi connectivity index (χ4n) is 2.95. The van der Waals surface area contributed by atoms with Crippen LogP contribution in [0.4, 0.5) is 0 Å². The van der Waals surface area contributed by atoms with Crippen LogP contribution in [0.5, 0.6) is 0 Å². The van der Waals surface area contributed by atoms with Gasteiger partial charge in [0.15, 0.2) is 0 Å². The molecule has 1 N–H and O–H groups in total. The molecule has 3 heteroatoms. The summed E-state index contributed by atoms with van der Waals surface area (Å²) < 4.78 is 5.28. The maximum Gasteiger partial charge on any atom is 0.0590 e. The van der Waals surface area contributed by atoms with Crippen LogP contribution in [0.3, 0.4) is 0 Å². The van der Waals surface area contributed by atoms with Crippen molar-refractivity contribution in [3.8, 4) is 0 Å². The van der Waals surface area contributed by atoms with Crippen molar-refractivity contribution in [2.75, 3.05) is 26.8 Å². The van der Waals surface area contributed by atoms with Crippen molar-refractivity contribution in [3.05, 3.63) is 35.4 Å². The molecule has 2 rings (SSSR count). The van der Waals surface area contributed by atoms with Crippen molar-refractivity contribution in [1.82, 2.24) is 10.2 Å². The van der Waals surface area contributed by atoms with Gasteiger partial charge in [-0.3, -0.25) is 4.90 Å². The lowest BCUT2D eigenvalue weighted by Gasteiger charge is -2.35. The zero-order valence-corrected chi connectivity index (χ0v) is 12.4. The van der Waals surface area contributed by atoms with Gasteiger partial charge in [0.05, 0.1) is 6.61 Å². The van der Waals surface area contributed by atoms with Crippen LogP contribution in [0, 0.1) is 0 Å². The molecule has 0 aliphatic carbocycles. The number of hydrogen-bond acceptors (Lipinski definition) is 3. The standard InChI is InChI=1S/C16H26N2O/c1-13(2)18(10-11-19-3)16-8-9-17-12-14-6-4-5-7-15(14)16/h4-7,13,16-17H,8-12H2,1-3H3. The molecule has 0 saturated carbocycles. The Bertz CT molecular complexity index is 392. The van der Waals surface area contributed by atoms with Crippen molar-refractivity contribution >= 4 is 0 Å². The van der Waals surface area contributed by atoms with E-state index in [-0.39, 0.29) is 0 Å². The van der Waals surface area contributed by atoms with E-state index in [2.05, 4.69) is 48.3 Å². The summed E-state index contributed by atoms with van der Waals surface area (Å²) in [5, 5.41) is 3.53. The molecule has 1 atom stereocenters. The van der Waals surface area contributed by atoms with Crippen LogP contribution in [-0.2, 0) is 11.3 Å². The van der Waals surface area contributed by atoms with Crippen molar-refractivity contribution in [3.63, 3.8) is 0 Å². The molecule has 1 aromatic carbocycles. The van der Waals surface area contributed by atoms with E-state index in [1.165, 1.54) is 17.5 Å². The fourth-order valence-corrected chi connectivity index (χ4v) is 2.95. The van der Waals surface area contributed by atoms with Gasteiger partial charge in [0.2, 0.25) is 0 Å². The molecule has 0 fully saturated rings. The van der Waals surface area contributed by atoms with Crippen LogP contribution < -0.4 is 5.32 Å². The van der Waals surface area contributed by atoms with Crippen LogP contribution in [-0.4, -0.2) is 37.7 Å². The van der Waals surface area contributed by atoms with Gasteiger partial charge in [-0.25, -0.2) is 0 Å². The number of hydrogen-bond donors (Lipinski definition) is 1. The molecule has 1 unspecified atom stereocenters. The first-order chi connectivity index (χ1) is 9.24. The maximum absolute atomic E-state index is 5.28. The Morgan fingerprint density at radius 2 is 2.16 bits per heavy atom. The Morgan fingerprint density at radius 3 is 2.89 bits per heavy atom. The molecule has 0 aromatic heterocycles. The molecular formula is C16H26N2O. The van der Waals surface area contributed by atoms with Gasteiger partial charge in [-0.1, -0.05) is 24.3 Å². The summed E-state index contributed by atoms with van der Waals surface area (Å²) in [6.07, 6.45) is 1.17. The third kappa shape index (κ3) is 3.56. The summed E-state index contributed by atoms with van der Waals surface area (Å²) in [5.74, 6) is 0. The molecule has 19 heavy (non-hydrogen) atoms. The molecule has 0 saturated heterocycles. The van der Waals surface area contributed by atoms with Crippen LogP contribution >= 0.6 is 0 Å². The van der Waals surface area contributed by atoms with E-state index in [0.717, 1.165) is 26.2 Å². The first kappa shape index (κ1) is 14.5. The monoisotopic (exact) mass is 262 g/mol. The Kier molecular flexibility index (Phi) is 5.37. The molecule has 0 spiro atoms. The Hall–Kier alpha value is -0.900. The molecule has 1 aliphatic heterocycles. The molecule has 1 heterocycles. The Morgan fingerprint density at radius 1 is 1.37 bits per heavy atom. The zero-order valence-electron chi connectivity index (χ0n) is 12.4. The van der Waals surface area contributed by atoms with Crippen molar-refractivity contribution in [1.29, 1.82) is 0 Å². The summed E-state index contributed by atoms with van der Waals surface area (Å²) in [6, 6.07) is 9.86. The van der Waals surface area contributed by atoms with Crippen LogP contribution in [0.2, 0.25) is 0 Å². The summed E-state index contributed by atoms with van der Waals surface area (Å²) in [7, 11) is 1.78. The molecular weight excluding hydrogens is 236 g/mol. The highest BCUT2D eigenvalue weighted by Gasteiger charge is 2.25. The van der Waals surface area contributed by atoms with Crippen molar-refractivity contribution < 1.29 is 4.74 Å². The van der Waals surface area contributed by atoms with E-state index in [4.69, 9.17) is 4.74 Å². The minimum Gasteiger partial charge on any atom is -0.383 e. The molecule has 1 aliphatic rings. The second-order valence-electron chi connectivity index (χ2n) is 5.50. The lowest BCUT2D eigenvalue weighted by atomic mass is 9.97. The maximum atomic E-state index is 5.28. The van der Waals surface area contributed by atoms with Gasteiger partial charge in [0.1, 0.15) is 0 Å². The van der Waals surface area contributed by atoms with Gasteiger partial charge in [-0.05, 0) is 37.9 Å². The average Bonchev–Trinajstić information content (AvgIpc) is 2.62. The van der Waals surface area contributed by atoms with E-state index in [1.54, 1.807) is 7.11 Å². The fraction of sp³-hybridized carbons (Fsp3) is 0.625. The van der Waals surface area contributed by atoms with Gasteiger partial charge in [0, 0.05) is 32.3 Å². The Labute approximate surface area is 116 Å². The highest BCUT2D eigenvalue weighted by Crippen LogP contribution is 2.30. The summed E-state index contributed by atoms with van der Waals surface area (Å²) in [4.78, 5) is 2.56. The van der Waals surface area contributed by atoms with Crippen LogP contribution in [0.25, 0.3) is 0 Å². The number of nitrogens with zero attached hydrogens (tertiary/aromatic N) is 1. The second-order valence-corrected chi connectivity index (χ2v) is 5.50. The summed E-state index contributed by atoms with van der Waals surface area (Å²) >= 11 is 0. The second kappa shape index (κ2) is 7.04. The summed E-state index contributed by atoms with van der Waals surface area (Å²) in [5.41, 5.74) is 2.92. The predicted molar refractivity (Wildman–Crippen MR) is 79.2 cm³/mol. The molecule has 1 aromatic rings. The highest BCUT2D eigenvalue weighted by atomic mass is 16.5. The lowest BCUT2D eigenvalue weighted by Crippen LogP contribution is -2.38. The smallest absolute Gasteiger partial charge is 0.0590 e. The quantitative estimate of drug-likeness (QED) is 0.882. The molecule has 3 nitrogen and oxygen atoms in total. The number of fused-ring (bicyclic) bond motifs is 1. The molecule has 0 amide bonds. The van der Waals surface area contributed by atoms with Gasteiger partial charge >= 0.3 is 0 Å². The van der Waals surface area contributed by atoms with E-state index >= 15 is 0 Å². The van der Waals surface area contributed by atoms with E-state index in [0.29, 0.717) is 12.1 Å². The van der Waals surface area contributed by atoms with E-state index < -0.39 is 0 Å². The molecule has 106 valence electrons.